The maximum atomic E-state index is 12.4. The number of carbonyl (C=O) groups is 1. The molecule has 0 unspecified atom stereocenters. The van der Waals surface area contributed by atoms with Gasteiger partial charge in [0.05, 0.1) is 10.4 Å². The topological polar surface area (TPSA) is 101 Å². The number of nitrogens with one attached hydrogen (secondary N) is 2. The van der Waals surface area contributed by atoms with Gasteiger partial charge in [-0.1, -0.05) is 37.5 Å². The zero-order valence-corrected chi connectivity index (χ0v) is 16.5. The number of nitrogens with two attached hydrogens (primary N) is 1. The van der Waals surface area contributed by atoms with Crippen LogP contribution in [0.15, 0.2) is 59.5 Å². The highest BCUT2D eigenvalue weighted by Crippen LogP contribution is 2.27. The summed E-state index contributed by atoms with van der Waals surface area (Å²) >= 11 is 0. The van der Waals surface area contributed by atoms with Gasteiger partial charge in [-0.3, -0.25) is 9.52 Å². The van der Waals surface area contributed by atoms with Crippen LogP contribution >= 0.6 is 12.4 Å². The van der Waals surface area contributed by atoms with Crippen LogP contribution in [0, 0.1) is 0 Å². The van der Waals surface area contributed by atoms with E-state index in [-0.39, 0.29) is 23.2 Å². The van der Waals surface area contributed by atoms with Gasteiger partial charge < -0.3 is 11.1 Å². The quantitative estimate of drug-likeness (QED) is 0.703. The number of halogens is 1. The van der Waals surface area contributed by atoms with Crippen LogP contribution in [0.3, 0.4) is 0 Å². The molecule has 27 heavy (non-hydrogen) atoms. The first-order valence-corrected chi connectivity index (χ1v) is 10.2. The standard InChI is InChI=1S/C19H23N3O3S.ClH/c20-19(13-5-2-6-14-19)18(23)21-15-9-11-17(12-10-15)26(24,25)22-16-7-3-1-4-8-16;/h1,3-4,7-12,22H,2,5-6,13-14,20H2,(H,21,23);1H. The molecule has 0 radical (unpaired) electrons. The zero-order valence-electron chi connectivity index (χ0n) is 14.9. The molecule has 0 aliphatic heterocycles. The molecule has 1 fully saturated rings. The van der Waals surface area contributed by atoms with Gasteiger partial charge in [0.15, 0.2) is 0 Å². The van der Waals surface area contributed by atoms with Crippen molar-refractivity contribution in [2.24, 2.45) is 5.73 Å². The Labute approximate surface area is 166 Å². The number of para-hydroxylation sites is 1. The minimum Gasteiger partial charge on any atom is -0.324 e. The van der Waals surface area contributed by atoms with E-state index in [1.165, 1.54) is 12.1 Å². The Morgan fingerprint density at radius 2 is 1.48 bits per heavy atom. The predicted molar refractivity (Wildman–Crippen MR) is 110 cm³/mol. The van der Waals surface area contributed by atoms with Gasteiger partial charge in [-0.15, -0.1) is 12.4 Å². The number of amides is 1. The second-order valence-corrected chi connectivity index (χ2v) is 8.35. The number of hydrogen-bond acceptors (Lipinski definition) is 4. The Balaban J connectivity index is 0.00000261. The van der Waals surface area contributed by atoms with E-state index in [1.54, 1.807) is 36.4 Å². The Hall–Kier alpha value is -2.09. The third-order valence-electron chi connectivity index (χ3n) is 4.65. The molecule has 4 N–H and O–H groups in total. The molecule has 1 amide bonds. The Bertz CT molecular complexity index is 865. The van der Waals surface area contributed by atoms with Gasteiger partial charge >= 0.3 is 0 Å². The van der Waals surface area contributed by atoms with Gasteiger partial charge in [0, 0.05) is 11.4 Å². The summed E-state index contributed by atoms with van der Waals surface area (Å²) in [5.74, 6) is -0.213. The van der Waals surface area contributed by atoms with E-state index >= 15 is 0 Å². The summed E-state index contributed by atoms with van der Waals surface area (Å²) in [4.78, 5) is 12.6. The summed E-state index contributed by atoms with van der Waals surface area (Å²) < 4.78 is 27.3. The van der Waals surface area contributed by atoms with Crippen molar-refractivity contribution < 1.29 is 13.2 Å². The van der Waals surface area contributed by atoms with E-state index in [4.69, 9.17) is 5.73 Å². The van der Waals surface area contributed by atoms with Crippen molar-refractivity contribution in [2.75, 3.05) is 10.0 Å². The Morgan fingerprint density at radius 3 is 2.07 bits per heavy atom. The normalized spacial score (nSPS) is 16.0. The van der Waals surface area contributed by atoms with Crippen molar-refractivity contribution in [1.82, 2.24) is 0 Å². The summed E-state index contributed by atoms with van der Waals surface area (Å²) in [6, 6.07) is 14.7. The molecule has 0 spiro atoms. The number of hydrogen-bond donors (Lipinski definition) is 3. The van der Waals surface area contributed by atoms with Crippen LogP contribution in [-0.2, 0) is 14.8 Å². The molecule has 0 bridgehead atoms. The van der Waals surface area contributed by atoms with Crippen LogP contribution in [0.25, 0.3) is 0 Å². The summed E-state index contributed by atoms with van der Waals surface area (Å²) in [7, 11) is -3.68. The van der Waals surface area contributed by atoms with E-state index in [9.17, 15) is 13.2 Å². The number of anilines is 2. The number of rotatable bonds is 5. The molecule has 1 aliphatic rings. The average molecular weight is 410 g/mol. The first-order valence-electron chi connectivity index (χ1n) is 8.67. The molecular formula is C19H24ClN3O3S. The maximum absolute atomic E-state index is 12.4. The average Bonchev–Trinajstić information content (AvgIpc) is 2.63. The van der Waals surface area contributed by atoms with Gasteiger partial charge in [-0.25, -0.2) is 8.42 Å². The first kappa shape index (κ1) is 21.2. The maximum Gasteiger partial charge on any atom is 0.261 e. The van der Waals surface area contributed by atoms with Crippen molar-refractivity contribution in [1.29, 1.82) is 0 Å². The number of benzene rings is 2. The van der Waals surface area contributed by atoms with Crippen molar-refractivity contribution in [2.45, 2.75) is 42.5 Å². The summed E-state index contributed by atoms with van der Waals surface area (Å²) in [5, 5.41) is 2.80. The molecule has 1 aliphatic carbocycles. The largest absolute Gasteiger partial charge is 0.324 e. The molecule has 8 heteroatoms. The summed E-state index contributed by atoms with van der Waals surface area (Å²) in [5.41, 5.74) is 6.41. The first-order chi connectivity index (χ1) is 12.4. The SMILES string of the molecule is Cl.NC1(C(=O)Nc2ccc(S(=O)(=O)Nc3ccccc3)cc2)CCCCC1. The smallest absolute Gasteiger partial charge is 0.261 e. The summed E-state index contributed by atoms with van der Waals surface area (Å²) in [6.45, 7) is 0. The second kappa shape index (κ2) is 8.73. The molecule has 0 heterocycles. The second-order valence-electron chi connectivity index (χ2n) is 6.67. The van der Waals surface area contributed by atoms with Crippen molar-refractivity contribution in [3.05, 3.63) is 54.6 Å². The van der Waals surface area contributed by atoms with Crippen LogP contribution < -0.4 is 15.8 Å². The summed E-state index contributed by atoms with van der Waals surface area (Å²) in [6.07, 6.45) is 4.35. The molecule has 0 atom stereocenters. The Kier molecular flexibility index (Phi) is 6.86. The van der Waals surface area contributed by atoms with E-state index in [0.29, 0.717) is 24.2 Å². The fraction of sp³-hybridized carbons (Fsp3) is 0.316. The minimum absolute atomic E-state index is 0. The van der Waals surface area contributed by atoms with Gasteiger partial charge in [0.1, 0.15) is 0 Å². The van der Waals surface area contributed by atoms with Gasteiger partial charge in [-0.05, 0) is 49.2 Å². The highest BCUT2D eigenvalue weighted by molar-refractivity contribution is 7.92. The highest BCUT2D eigenvalue weighted by Gasteiger charge is 2.35. The lowest BCUT2D eigenvalue weighted by Gasteiger charge is -2.31. The molecule has 2 aromatic carbocycles. The number of carbonyl (C=O) groups excluding carboxylic acids is 1. The molecule has 3 rings (SSSR count). The monoisotopic (exact) mass is 409 g/mol. The Morgan fingerprint density at radius 1 is 0.889 bits per heavy atom. The lowest BCUT2D eigenvalue weighted by molar-refractivity contribution is -0.122. The van der Waals surface area contributed by atoms with E-state index in [0.717, 1.165) is 19.3 Å². The molecular weight excluding hydrogens is 386 g/mol. The van der Waals surface area contributed by atoms with Crippen LogP contribution in [0.5, 0.6) is 0 Å². The molecule has 0 aromatic heterocycles. The van der Waals surface area contributed by atoms with Crippen molar-refractivity contribution >= 4 is 39.7 Å². The van der Waals surface area contributed by atoms with Crippen LogP contribution in [0.1, 0.15) is 32.1 Å². The van der Waals surface area contributed by atoms with Gasteiger partial charge in [0.25, 0.3) is 10.0 Å². The lowest BCUT2D eigenvalue weighted by Crippen LogP contribution is -2.52. The lowest BCUT2D eigenvalue weighted by atomic mass is 9.82. The van der Waals surface area contributed by atoms with Gasteiger partial charge in [-0.2, -0.15) is 0 Å². The predicted octanol–water partition coefficient (Wildman–Crippen LogP) is 3.51. The van der Waals surface area contributed by atoms with E-state index in [2.05, 4.69) is 10.0 Å². The molecule has 6 nitrogen and oxygen atoms in total. The van der Waals surface area contributed by atoms with Crippen LogP contribution in [0.2, 0.25) is 0 Å². The molecule has 0 saturated heterocycles. The minimum atomic E-state index is -3.68. The van der Waals surface area contributed by atoms with Crippen LogP contribution in [0.4, 0.5) is 11.4 Å². The highest BCUT2D eigenvalue weighted by atomic mass is 35.5. The third-order valence-corrected chi connectivity index (χ3v) is 6.04. The van der Waals surface area contributed by atoms with Crippen molar-refractivity contribution in [3.8, 4) is 0 Å². The van der Waals surface area contributed by atoms with Crippen molar-refractivity contribution in [3.63, 3.8) is 0 Å². The number of sulfonamides is 1. The van der Waals surface area contributed by atoms with Crippen LogP contribution in [-0.4, -0.2) is 19.9 Å². The fourth-order valence-electron chi connectivity index (χ4n) is 3.10. The van der Waals surface area contributed by atoms with Gasteiger partial charge in [0.2, 0.25) is 5.91 Å². The molecule has 146 valence electrons. The molecule has 1 saturated carbocycles. The molecule has 2 aromatic rings. The van der Waals surface area contributed by atoms with E-state index < -0.39 is 15.6 Å². The van der Waals surface area contributed by atoms with E-state index in [1.807, 2.05) is 6.07 Å². The zero-order chi connectivity index (χ0) is 18.6. The fourth-order valence-corrected chi connectivity index (χ4v) is 4.16. The third kappa shape index (κ3) is 5.22.